The SMILES string of the molecule is CCCNC(c1cccc(C)c1)c1cc(F)cc(F)c1. The average molecular weight is 275 g/mol. The molecule has 0 saturated heterocycles. The first-order valence-electron chi connectivity index (χ1n) is 6.86. The van der Waals surface area contributed by atoms with E-state index in [-0.39, 0.29) is 6.04 Å². The van der Waals surface area contributed by atoms with Crippen molar-refractivity contribution in [1.82, 2.24) is 5.32 Å². The molecular formula is C17H19F2N. The van der Waals surface area contributed by atoms with E-state index in [1.165, 1.54) is 12.1 Å². The number of nitrogens with one attached hydrogen (secondary N) is 1. The van der Waals surface area contributed by atoms with Crippen LogP contribution in [-0.2, 0) is 0 Å². The number of aryl methyl sites for hydroxylation is 1. The molecule has 1 N–H and O–H groups in total. The minimum absolute atomic E-state index is 0.194. The summed E-state index contributed by atoms with van der Waals surface area (Å²) >= 11 is 0. The standard InChI is InChI=1S/C17H19F2N/c1-3-7-20-17(13-6-4-5-12(2)8-13)14-9-15(18)11-16(19)10-14/h4-6,8-11,17,20H,3,7H2,1-2H3. The summed E-state index contributed by atoms with van der Waals surface area (Å²) in [4.78, 5) is 0. The fourth-order valence-corrected chi connectivity index (χ4v) is 2.31. The predicted molar refractivity (Wildman–Crippen MR) is 77.7 cm³/mol. The Labute approximate surface area is 118 Å². The van der Waals surface area contributed by atoms with E-state index in [1.54, 1.807) is 0 Å². The van der Waals surface area contributed by atoms with E-state index in [9.17, 15) is 8.78 Å². The number of rotatable bonds is 5. The van der Waals surface area contributed by atoms with Crippen LogP contribution in [0.15, 0.2) is 42.5 Å². The third-order valence-corrected chi connectivity index (χ3v) is 3.19. The van der Waals surface area contributed by atoms with Crippen LogP contribution in [0.3, 0.4) is 0 Å². The molecular weight excluding hydrogens is 256 g/mol. The first-order chi connectivity index (χ1) is 9.60. The van der Waals surface area contributed by atoms with Crippen LogP contribution in [0.4, 0.5) is 8.78 Å². The summed E-state index contributed by atoms with van der Waals surface area (Å²) in [5.74, 6) is -1.09. The van der Waals surface area contributed by atoms with Crippen LogP contribution in [0.5, 0.6) is 0 Å². The van der Waals surface area contributed by atoms with Gasteiger partial charge in [0.1, 0.15) is 11.6 Å². The lowest BCUT2D eigenvalue weighted by molar-refractivity contribution is 0.558. The van der Waals surface area contributed by atoms with Crippen molar-refractivity contribution >= 4 is 0 Å². The summed E-state index contributed by atoms with van der Waals surface area (Å²) in [5.41, 5.74) is 2.76. The Morgan fingerprint density at radius 2 is 1.70 bits per heavy atom. The second kappa shape index (κ2) is 6.62. The predicted octanol–water partition coefficient (Wildman–Crippen LogP) is 4.36. The van der Waals surface area contributed by atoms with Crippen molar-refractivity contribution < 1.29 is 8.78 Å². The number of halogens is 2. The Morgan fingerprint density at radius 3 is 2.30 bits per heavy atom. The molecule has 0 radical (unpaired) electrons. The maximum absolute atomic E-state index is 13.4. The minimum atomic E-state index is -0.545. The molecule has 0 fully saturated rings. The largest absolute Gasteiger partial charge is 0.306 e. The second-order valence-electron chi connectivity index (χ2n) is 5.00. The summed E-state index contributed by atoms with van der Waals surface area (Å²) in [5, 5.41) is 3.35. The van der Waals surface area contributed by atoms with Gasteiger partial charge in [0.2, 0.25) is 0 Å². The van der Waals surface area contributed by atoms with E-state index in [0.29, 0.717) is 5.56 Å². The van der Waals surface area contributed by atoms with Crippen molar-refractivity contribution in [2.75, 3.05) is 6.54 Å². The van der Waals surface area contributed by atoms with Gasteiger partial charge in [-0.25, -0.2) is 8.78 Å². The number of benzene rings is 2. The average Bonchev–Trinajstić information content (AvgIpc) is 2.38. The van der Waals surface area contributed by atoms with Gasteiger partial charge in [-0.15, -0.1) is 0 Å². The first kappa shape index (κ1) is 14.7. The Bertz CT molecular complexity index is 561. The van der Waals surface area contributed by atoms with Crippen molar-refractivity contribution in [2.24, 2.45) is 0 Å². The van der Waals surface area contributed by atoms with Crippen LogP contribution < -0.4 is 5.32 Å². The monoisotopic (exact) mass is 275 g/mol. The molecule has 0 aliphatic heterocycles. The number of hydrogen-bond acceptors (Lipinski definition) is 1. The van der Waals surface area contributed by atoms with Crippen LogP contribution >= 0.6 is 0 Å². The molecule has 0 spiro atoms. The Morgan fingerprint density at radius 1 is 1.00 bits per heavy atom. The molecule has 0 saturated carbocycles. The molecule has 2 rings (SSSR count). The maximum atomic E-state index is 13.4. The highest BCUT2D eigenvalue weighted by Gasteiger charge is 2.15. The molecule has 1 nitrogen and oxygen atoms in total. The van der Waals surface area contributed by atoms with Gasteiger partial charge < -0.3 is 5.32 Å². The molecule has 1 atom stereocenters. The summed E-state index contributed by atoms with van der Waals surface area (Å²) < 4.78 is 26.9. The molecule has 0 bridgehead atoms. The zero-order chi connectivity index (χ0) is 14.5. The summed E-state index contributed by atoms with van der Waals surface area (Å²) in [6, 6.07) is 11.5. The third kappa shape index (κ3) is 3.64. The highest BCUT2D eigenvalue weighted by molar-refractivity contribution is 5.34. The van der Waals surface area contributed by atoms with Crippen LogP contribution in [0.25, 0.3) is 0 Å². The molecule has 106 valence electrons. The van der Waals surface area contributed by atoms with Crippen molar-refractivity contribution in [1.29, 1.82) is 0 Å². The molecule has 2 aromatic carbocycles. The fraction of sp³-hybridized carbons (Fsp3) is 0.294. The quantitative estimate of drug-likeness (QED) is 0.854. The second-order valence-corrected chi connectivity index (χ2v) is 5.00. The van der Waals surface area contributed by atoms with Gasteiger partial charge >= 0.3 is 0 Å². The molecule has 3 heteroatoms. The Hall–Kier alpha value is -1.74. The summed E-state index contributed by atoms with van der Waals surface area (Å²) in [7, 11) is 0. The van der Waals surface area contributed by atoms with Crippen molar-refractivity contribution in [3.8, 4) is 0 Å². The topological polar surface area (TPSA) is 12.0 Å². The fourth-order valence-electron chi connectivity index (χ4n) is 2.31. The molecule has 1 unspecified atom stereocenters. The van der Waals surface area contributed by atoms with E-state index in [4.69, 9.17) is 0 Å². The van der Waals surface area contributed by atoms with Gasteiger partial charge in [-0.1, -0.05) is 36.8 Å². The Balaban J connectivity index is 2.41. The molecule has 0 heterocycles. The van der Waals surface area contributed by atoms with E-state index in [0.717, 1.165) is 30.2 Å². The molecule has 20 heavy (non-hydrogen) atoms. The van der Waals surface area contributed by atoms with Gasteiger partial charge in [-0.05, 0) is 43.1 Å². The highest BCUT2D eigenvalue weighted by Crippen LogP contribution is 2.24. The summed E-state index contributed by atoms with van der Waals surface area (Å²) in [6.07, 6.45) is 0.958. The van der Waals surface area contributed by atoms with Gasteiger partial charge in [0.25, 0.3) is 0 Å². The maximum Gasteiger partial charge on any atom is 0.126 e. The van der Waals surface area contributed by atoms with Crippen LogP contribution in [0.2, 0.25) is 0 Å². The van der Waals surface area contributed by atoms with Crippen molar-refractivity contribution in [2.45, 2.75) is 26.3 Å². The highest BCUT2D eigenvalue weighted by atomic mass is 19.1. The van der Waals surface area contributed by atoms with E-state index in [2.05, 4.69) is 12.2 Å². The molecule has 0 aromatic heterocycles. The van der Waals surface area contributed by atoms with Crippen molar-refractivity contribution in [3.63, 3.8) is 0 Å². The lowest BCUT2D eigenvalue weighted by atomic mass is 9.97. The zero-order valence-electron chi connectivity index (χ0n) is 11.8. The lowest BCUT2D eigenvalue weighted by Crippen LogP contribution is -2.23. The lowest BCUT2D eigenvalue weighted by Gasteiger charge is -2.20. The van der Waals surface area contributed by atoms with Gasteiger partial charge in [-0.3, -0.25) is 0 Å². The van der Waals surface area contributed by atoms with Gasteiger partial charge in [0.15, 0.2) is 0 Å². The van der Waals surface area contributed by atoms with Gasteiger partial charge in [0.05, 0.1) is 6.04 Å². The normalized spacial score (nSPS) is 12.4. The number of hydrogen-bond donors (Lipinski definition) is 1. The minimum Gasteiger partial charge on any atom is -0.306 e. The smallest absolute Gasteiger partial charge is 0.126 e. The Kier molecular flexibility index (Phi) is 4.85. The van der Waals surface area contributed by atoms with Gasteiger partial charge in [-0.2, -0.15) is 0 Å². The molecule has 2 aromatic rings. The summed E-state index contributed by atoms with van der Waals surface area (Å²) in [6.45, 7) is 4.86. The van der Waals surface area contributed by atoms with Gasteiger partial charge in [0, 0.05) is 6.07 Å². The molecule has 0 amide bonds. The van der Waals surface area contributed by atoms with E-state index in [1.807, 2.05) is 31.2 Å². The zero-order valence-corrected chi connectivity index (χ0v) is 11.8. The third-order valence-electron chi connectivity index (χ3n) is 3.19. The van der Waals surface area contributed by atoms with Crippen LogP contribution in [0, 0.1) is 18.6 Å². The van der Waals surface area contributed by atoms with Crippen LogP contribution in [0.1, 0.15) is 36.1 Å². The van der Waals surface area contributed by atoms with E-state index >= 15 is 0 Å². The first-order valence-corrected chi connectivity index (χ1v) is 6.86. The van der Waals surface area contributed by atoms with E-state index < -0.39 is 11.6 Å². The molecule has 0 aliphatic carbocycles. The van der Waals surface area contributed by atoms with Crippen molar-refractivity contribution in [3.05, 3.63) is 70.8 Å². The molecule has 0 aliphatic rings. The van der Waals surface area contributed by atoms with Crippen LogP contribution in [-0.4, -0.2) is 6.54 Å².